The zero-order valence-electron chi connectivity index (χ0n) is 12.3. The Balaban J connectivity index is 2.10. The van der Waals surface area contributed by atoms with E-state index in [1.165, 1.54) is 0 Å². The average molecular weight is 414 g/mol. The van der Waals surface area contributed by atoms with Crippen LogP contribution in [0.4, 0.5) is 0 Å². The smallest absolute Gasteiger partial charge is 0.219 e. The van der Waals surface area contributed by atoms with E-state index in [4.69, 9.17) is 4.74 Å². The molecule has 3 nitrogen and oxygen atoms in total. The molecule has 0 aliphatic rings. The van der Waals surface area contributed by atoms with Crippen LogP contribution in [0.1, 0.15) is 26.3 Å². The van der Waals surface area contributed by atoms with Gasteiger partial charge in [-0.05, 0) is 66.5 Å². The summed E-state index contributed by atoms with van der Waals surface area (Å²) in [6.45, 7) is 7.21. The summed E-state index contributed by atoms with van der Waals surface area (Å²) in [6, 6.07) is 9.72. The predicted octanol–water partition coefficient (Wildman–Crippen LogP) is 5.29. The minimum absolute atomic E-state index is 0.0824. The monoisotopic (exact) mass is 412 g/mol. The van der Waals surface area contributed by atoms with Crippen LogP contribution in [0.25, 0.3) is 0 Å². The van der Waals surface area contributed by atoms with E-state index in [-0.39, 0.29) is 5.54 Å². The number of pyridine rings is 1. The zero-order chi connectivity index (χ0) is 15.5. The van der Waals surface area contributed by atoms with Crippen molar-refractivity contribution in [1.82, 2.24) is 10.3 Å². The summed E-state index contributed by atoms with van der Waals surface area (Å²) in [7, 11) is 0. The molecule has 0 saturated heterocycles. The molecule has 112 valence electrons. The number of hydrogen-bond acceptors (Lipinski definition) is 3. The fourth-order valence-corrected chi connectivity index (χ4v) is 2.78. The molecule has 0 unspecified atom stereocenters. The van der Waals surface area contributed by atoms with Gasteiger partial charge in [-0.25, -0.2) is 4.98 Å². The van der Waals surface area contributed by atoms with Crippen LogP contribution in [0.2, 0.25) is 0 Å². The number of rotatable bonds is 4. The highest BCUT2D eigenvalue weighted by atomic mass is 79.9. The Hall–Kier alpha value is -0.910. The summed E-state index contributed by atoms with van der Waals surface area (Å²) in [4.78, 5) is 4.26. The van der Waals surface area contributed by atoms with Crippen LogP contribution < -0.4 is 10.1 Å². The summed E-state index contributed by atoms with van der Waals surface area (Å²) >= 11 is 6.91. The van der Waals surface area contributed by atoms with Crippen molar-refractivity contribution in [3.63, 3.8) is 0 Å². The third kappa shape index (κ3) is 5.41. The van der Waals surface area contributed by atoms with Gasteiger partial charge in [-0.15, -0.1) is 0 Å². The van der Waals surface area contributed by atoms with E-state index >= 15 is 0 Å². The lowest BCUT2D eigenvalue weighted by molar-refractivity contribution is 0.421. The second-order valence-corrected chi connectivity index (χ2v) is 7.55. The molecule has 0 bridgehead atoms. The average Bonchev–Trinajstić information content (AvgIpc) is 2.39. The van der Waals surface area contributed by atoms with Crippen molar-refractivity contribution in [3.05, 3.63) is 51.0 Å². The maximum Gasteiger partial charge on any atom is 0.219 e. The maximum atomic E-state index is 5.83. The number of nitrogens with one attached hydrogen (secondary N) is 1. The first-order chi connectivity index (χ1) is 9.83. The van der Waals surface area contributed by atoms with Crippen molar-refractivity contribution in [1.29, 1.82) is 0 Å². The van der Waals surface area contributed by atoms with Gasteiger partial charge in [0.2, 0.25) is 5.88 Å². The van der Waals surface area contributed by atoms with Crippen molar-refractivity contribution < 1.29 is 4.74 Å². The van der Waals surface area contributed by atoms with Gasteiger partial charge < -0.3 is 10.1 Å². The molecule has 21 heavy (non-hydrogen) atoms. The van der Waals surface area contributed by atoms with E-state index < -0.39 is 0 Å². The lowest BCUT2D eigenvalue weighted by Gasteiger charge is -2.20. The van der Waals surface area contributed by atoms with E-state index in [0.717, 1.165) is 26.8 Å². The van der Waals surface area contributed by atoms with Gasteiger partial charge >= 0.3 is 0 Å². The Kier molecular flexibility index (Phi) is 5.41. The quantitative estimate of drug-likeness (QED) is 0.739. The Labute approximate surface area is 142 Å². The van der Waals surface area contributed by atoms with Gasteiger partial charge in [0.15, 0.2) is 0 Å². The molecule has 0 aliphatic carbocycles. The summed E-state index contributed by atoms with van der Waals surface area (Å²) in [6.07, 6.45) is 1.77. The number of ether oxygens (including phenoxy) is 1. The molecule has 0 amide bonds. The van der Waals surface area contributed by atoms with Gasteiger partial charge in [0.25, 0.3) is 0 Å². The van der Waals surface area contributed by atoms with Gasteiger partial charge in [0.05, 0.1) is 4.47 Å². The van der Waals surface area contributed by atoms with Crippen molar-refractivity contribution in [2.24, 2.45) is 0 Å². The molecule has 0 saturated carbocycles. The van der Waals surface area contributed by atoms with Crippen LogP contribution in [0.5, 0.6) is 11.6 Å². The Morgan fingerprint density at radius 3 is 2.57 bits per heavy atom. The Morgan fingerprint density at radius 1 is 1.14 bits per heavy atom. The van der Waals surface area contributed by atoms with Crippen molar-refractivity contribution in [2.45, 2.75) is 32.9 Å². The molecule has 0 radical (unpaired) electrons. The van der Waals surface area contributed by atoms with Crippen LogP contribution in [0.3, 0.4) is 0 Å². The fourth-order valence-electron chi connectivity index (χ4n) is 1.65. The second-order valence-electron chi connectivity index (χ2n) is 5.78. The molecule has 0 atom stereocenters. The van der Waals surface area contributed by atoms with Crippen LogP contribution >= 0.6 is 31.9 Å². The highest BCUT2D eigenvalue weighted by molar-refractivity contribution is 9.11. The molecule has 1 heterocycles. The van der Waals surface area contributed by atoms with Gasteiger partial charge in [-0.3, -0.25) is 0 Å². The van der Waals surface area contributed by atoms with Gasteiger partial charge in [-0.2, -0.15) is 0 Å². The summed E-state index contributed by atoms with van der Waals surface area (Å²) in [5.74, 6) is 1.33. The van der Waals surface area contributed by atoms with Crippen LogP contribution in [0, 0.1) is 0 Å². The van der Waals surface area contributed by atoms with E-state index in [1.54, 1.807) is 6.20 Å². The summed E-state index contributed by atoms with van der Waals surface area (Å²) < 4.78 is 7.71. The minimum Gasteiger partial charge on any atom is -0.438 e. The molecule has 0 aliphatic heterocycles. The van der Waals surface area contributed by atoms with E-state index in [9.17, 15) is 0 Å². The molecule has 2 rings (SSSR count). The first-order valence-corrected chi connectivity index (χ1v) is 8.25. The topological polar surface area (TPSA) is 34.2 Å². The van der Waals surface area contributed by atoms with E-state index in [2.05, 4.69) is 62.9 Å². The lowest BCUT2D eigenvalue weighted by atomic mass is 10.1. The van der Waals surface area contributed by atoms with Gasteiger partial charge in [-0.1, -0.05) is 15.9 Å². The Morgan fingerprint density at radius 2 is 1.90 bits per heavy atom. The van der Waals surface area contributed by atoms with E-state index in [0.29, 0.717) is 5.88 Å². The predicted molar refractivity (Wildman–Crippen MR) is 92.7 cm³/mol. The molecular formula is C16H18Br2N2O. The molecule has 1 aromatic carbocycles. The largest absolute Gasteiger partial charge is 0.438 e. The third-order valence-electron chi connectivity index (χ3n) is 2.73. The molecule has 0 spiro atoms. The summed E-state index contributed by atoms with van der Waals surface area (Å²) in [5.41, 5.74) is 1.22. The zero-order valence-corrected chi connectivity index (χ0v) is 15.5. The van der Waals surface area contributed by atoms with Gasteiger partial charge in [0.1, 0.15) is 5.75 Å². The number of benzene rings is 1. The molecule has 5 heteroatoms. The fraction of sp³-hybridized carbons (Fsp3) is 0.312. The lowest BCUT2D eigenvalue weighted by Crippen LogP contribution is -2.35. The van der Waals surface area contributed by atoms with E-state index in [1.807, 2.05) is 30.3 Å². The highest BCUT2D eigenvalue weighted by Gasteiger charge is 2.09. The molecule has 1 aromatic heterocycles. The third-order valence-corrected chi connectivity index (χ3v) is 3.84. The number of nitrogens with zero attached hydrogens (tertiary/aromatic N) is 1. The standard InChI is InChI=1S/C16H18Br2N2O/c1-16(2,3)20-10-11-6-7-19-15(8-11)21-14-5-4-12(17)9-13(14)18/h4-9,20H,10H2,1-3H3. The number of halogens is 2. The van der Waals surface area contributed by atoms with Crippen LogP contribution in [-0.4, -0.2) is 10.5 Å². The SMILES string of the molecule is CC(C)(C)NCc1ccnc(Oc2ccc(Br)cc2Br)c1. The first-order valence-electron chi connectivity index (χ1n) is 6.66. The maximum absolute atomic E-state index is 5.83. The molecule has 1 N–H and O–H groups in total. The summed E-state index contributed by atoms with van der Waals surface area (Å²) in [5, 5.41) is 3.45. The number of aromatic nitrogens is 1. The first kappa shape index (κ1) is 16.5. The minimum atomic E-state index is 0.0824. The second kappa shape index (κ2) is 6.90. The van der Waals surface area contributed by atoms with Gasteiger partial charge in [0, 0.05) is 28.8 Å². The van der Waals surface area contributed by atoms with Crippen molar-refractivity contribution >= 4 is 31.9 Å². The van der Waals surface area contributed by atoms with Crippen molar-refractivity contribution in [3.8, 4) is 11.6 Å². The van der Waals surface area contributed by atoms with Crippen molar-refractivity contribution in [2.75, 3.05) is 0 Å². The van der Waals surface area contributed by atoms with Crippen LogP contribution in [0.15, 0.2) is 45.5 Å². The van der Waals surface area contributed by atoms with Crippen LogP contribution in [-0.2, 0) is 6.54 Å². The molecule has 2 aromatic rings. The molecule has 0 fully saturated rings. The normalized spacial score (nSPS) is 11.5. The number of hydrogen-bond donors (Lipinski definition) is 1. The highest BCUT2D eigenvalue weighted by Crippen LogP contribution is 2.31. The Bertz CT molecular complexity index is 624. The molecular weight excluding hydrogens is 396 g/mol.